The maximum Gasteiger partial charge on any atom is 0.0762 e. The van der Waals surface area contributed by atoms with E-state index in [1.54, 1.807) is 7.11 Å². The molecule has 13 heavy (non-hydrogen) atoms. The zero-order valence-electron chi connectivity index (χ0n) is 7.86. The van der Waals surface area contributed by atoms with Gasteiger partial charge >= 0.3 is 0 Å². The Kier molecular flexibility index (Phi) is 2.50. The summed E-state index contributed by atoms with van der Waals surface area (Å²) >= 11 is 0. The molecule has 1 radical (unpaired) electrons. The summed E-state index contributed by atoms with van der Waals surface area (Å²) in [4.78, 5) is 2.34. The number of hydrogen-bond acceptors (Lipinski definition) is 2. The van der Waals surface area contributed by atoms with Gasteiger partial charge in [-0.1, -0.05) is 12.1 Å². The Bertz CT molecular complexity index is 260. The van der Waals surface area contributed by atoms with Crippen molar-refractivity contribution in [3.05, 3.63) is 30.3 Å². The zero-order valence-corrected chi connectivity index (χ0v) is 7.86. The van der Waals surface area contributed by atoms with Crippen LogP contribution in [0.5, 0.6) is 0 Å². The standard InChI is InChI=1S/C11H14NO/c1-13-11-7-8-12(9-11)10-5-3-2-4-6-10/h2-3,5-6,11H,7-9H2,1H3. The summed E-state index contributed by atoms with van der Waals surface area (Å²) in [5.41, 5.74) is 1.25. The van der Waals surface area contributed by atoms with Crippen LogP contribution in [0.4, 0.5) is 5.69 Å². The summed E-state index contributed by atoms with van der Waals surface area (Å²) < 4.78 is 5.31. The molecule has 1 aromatic carbocycles. The molecule has 1 saturated heterocycles. The molecule has 1 aliphatic heterocycles. The monoisotopic (exact) mass is 176 g/mol. The van der Waals surface area contributed by atoms with Crippen LogP contribution in [0.1, 0.15) is 6.42 Å². The number of ether oxygens (including phenoxy) is 1. The Labute approximate surface area is 79.1 Å². The second-order valence-corrected chi connectivity index (χ2v) is 3.35. The fourth-order valence-corrected chi connectivity index (χ4v) is 1.74. The van der Waals surface area contributed by atoms with Crippen LogP contribution in [0.3, 0.4) is 0 Å². The average molecular weight is 176 g/mol. The van der Waals surface area contributed by atoms with Gasteiger partial charge in [0.25, 0.3) is 0 Å². The van der Waals surface area contributed by atoms with Gasteiger partial charge in [-0.25, -0.2) is 0 Å². The van der Waals surface area contributed by atoms with E-state index < -0.39 is 0 Å². The predicted molar refractivity (Wildman–Crippen MR) is 52.9 cm³/mol. The highest BCUT2D eigenvalue weighted by molar-refractivity contribution is 5.46. The van der Waals surface area contributed by atoms with E-state index in [4.69, 9.17) is 4.74 Å². The quantitative estimate of drug-likeness (QED) is 0.680. The van der Waals surface area contributed by atoms with E-state index in [2.05, 4.69) is 17.0 Å². The molecule has 0 aromatic heterocycles. The Morgan fingerprint density at radius 2 is 2.54 bits per heavy atom. The van der Waals surface area contributed by atoms with E-state index in [0.717, 1.165) is 19.5 Å². The first kappa shape index (κ1) is 8.57. The topological polar surface area (TPSA) is 12.5 Å². The van der Waals surface area contributed by atoms with Crippen molar-refractivity contribution in [1.82, 2.24) is 0 Å². The van der Waals surface area contributed by atoms with Crippen molar-refractivity contribution in [2.45, 2.75) is 12.5 Å². The highest BCUT2D eigenvalue weighted by atomic mass is 16.5. The summed E-state index contributed by atoms with van der Waals surface area (Å²) in [6, 6.07) is 11.2. The minimum atomic E-state index is 0.403. The number of anilines is 1. The molecule has 2 nitrogen and oxygen atoms in total. The third-order valence-corrected chi connectivity index (χ3v) is 2.53. The van der Waals surface area contributed by atoms with Crippen molar-refractivity contribution >= 4 is 5.69 Å². The van der Waals surface area contributed by atoms with Gasteiger partial charge in [0.05, 0.1) is 6.10 Å². The second-order valence-electron chi connectivity index (χ2n) is 3.35. The summed E-state index contributed by atoms with van der Waals surface area (Å²) in [7, 11) is 1.78. The number of benzene rings is 1. The lowest BCUT2D eigenvalue weighted by molar-refractivity contribution is 0.121. The summed E-state index contributed by atoms with van der Waals surface area (Å²) in [6.07, 6.45) is 1.53. The van der Waals surface area contributed by atoms with Gasteiger partial charge in [-0.3, -0.25) is 0 Å². The van der Waals surface area contributed by atoms with Gasteiger partial charge in [0.15, 0.2) is 0 Å². The van der Waals surface area contributed by atoms with Crippen LogP contribution >= 0.6 is 0 Å². The molecule has 1 fully saturated rings. The molecule has 0 bridgehead atoms. The maximum atomic E-state index is 5.31. The van der Waals surface area contributed by atoms with Crippen molar-refractivity contribution in [1.29, 1.82) is 0 Å². The van der Waals surface area contributed by atoms with Crippen LogP contribution in [0.15, 0.2) is 24.3 Å². The average Bonchev–Trinajstić information content (AvgIpc) is 2.67. The van der Waals surface area contributed by atoms with Gasteiger partial charge in [0.2, 0.25) is 0 Å². The minimum absolute atomic E-state index is 0.403. The van der Waals surface area contributed by atoms with Crippen LogP contribution in [0.2, 0.25) is 0 Å². The van der Waals surface area contributed by atoms with Gasteiger partial charge in [0.1, 0.15) is 0 Å². The Balaban J connectivity index is 2.04. The van der Waals surface area contributed by atoms with Gasteiger partial charge < -0.3 is 9.64 Å². The molecule has 69 valence electrons. The molecule has 0 aliphatic carbocycles. The molecule has 0 amide bonds. The van der Waals surface area contributed by atoms with Crippen molar-refractivity contribution in [2.24, 2.45) is 0 Å². The molecular weight excluding hydrogens is 162 g/mol. The zero-order chi connectivity index (χ0) is 9.10. The van der Waals surface area contributed by atoms with Crippen molar-refractivity contribution in [2.75, 3.05) is 25.1 Å². The van der Waals surface area contributed by atoms with E-state index in [-0.39, 0.29) is 0 Å². The molecule has 1 aromatic rings. The number of rotatable bonds is 2. The van der Waals surface area contributed by atoms with E-state index in [1.165, 1.54) is 5.69 Å². The van der Waals surface area contributed by atoms with E-state index >= 15 is 0 Å². The molecule has 0 spiro atoms. The van der Waals surface area contributed by atoms with Crippen LogP contribution in [0, 0.1) is 6.07 Å². The minimum Gasteiger partial charge on any atom is -0.380 e. The highest BCUT2D eigenvalue weighted by Gasteiger charge is 2.21. The first-order valence-corrected chi connectivity index (χ1v) is 4.64. The van der Waals surface area contributed by atoms with Gasteiger partial charge in [-0.2, -0.15) is 0 Å². The van der Waals surface area contributed by atoms with Crippen LogP contribution in [0.25, 0.3) is 0 Å². The molecule has 2 rings (SSSR count). The fraction of sp³-hybridized carbons (Fsp3) is 0.455. The third kappa shape index (κ3) is 1.83. The van der Waals surface area contributed by atoms with Crippen LogP contribution < -0.4 is 4.90 Å². The smallest absolute Gasteiger partial charge is 0.0762 e. The predicted octanol–water partition coefficient (Wildman–Crippen LogP) is 1.71. The summed E-state index contributed by atoms with van der Waals surface area (Å²) in [5, 5.41) is 0. The first-order valence-electron chi connectivity index (χ1n) is 4.64. The van der Waals surface area contributed by atoms with Crippen LogP contribution in [-0.4, -0.2) is 26.3 Å². The summed E-state index contributed by atoms with van der Waals surface area (Å²) in [6.45, 7) is 2.10. The molecule has 1 heterocycles. The van der Waals surface area contributed by atoms with Crippen molar-refractivity contribution in [3.63, 3.8) is 0 Å². The lowest BCUT2D eigenvalue weighted by Crippen LogP contribution is -2.21. The van der Waals surface area contributed by atoms with Crippen molar-refractivity contribution in [3.8, 4) is 0 Å². The Hall–Kier alpha value is -1.02. The van der Waals surface area contributed by atoms with E-state index in [0.29, 0.717) is 6.10 Å². The Morgan fingerprint density at radius 1 is 1.62 bits per heavy atom. The van der Waals surface area contributed by atoms with Gasteiger partial charge in [0, 0.05) is 25.9 Å². The maximum absolute atomic E-state index is 5.31. The number of hydrogen-bond donors (Lipinski definition) is 0. The highest BCUT2D eigenvalue weighted by Crippen LogP contribution is 2.20. The molecule has 0 N–H and O–H groups in total. The Morgan fingerprint density at radius 3 is 3.15 bits per heavy atom. The second kappa shape index (κ2) is 3.79. The number of nitrogens with zero attached hydrogens (tertiary/aromatic N) is 1. The number of methoxy groups -OCH3 is 1. The molecule has 1 unspecified atom stereocenters. The van der Waals surface area contributed by atoms with Gasteiger partial charge in [-0.15, -0.1) is 0 Å². The molecule has 0 saturated carbocycles. The lowest BCUT2D eigenvalue weighted by atomic mass is 10.3. The normalized spacial score (nSPS) is 22.2. The SMILES string of the molecule is COC1CCN(c2c[c]ccc2)C1. The first-order chi connectivity index (χ1) is 6.40. The lowest BCUT2D eigenvalue weighted by Gasteiger charge is -2.17. The molecule has 2 heteroatoms. The largest absolute Gasteiger partial charge is 0.380 e. The molecular formula is C11H14NO. The van der Waals surface area contributed by atoms with Crippen molar-refractivity contribution < 1.29 is 4.74 Å². The van der Waals surface area contributed by atoms with Gasteiger partial charge in [-0.05, 0) is 24.6 Å². The molecule has 1 atom stereocenters. The van der Waals surface area contributed by atoms with Crippen LogP contribution in [-0.2, 0) is 4.74 Å². The van der Waals surface area contributed by atoms with E-state index in [1.807, 2.05) is 18.2 Å². The summed E-state index contributed by atoms with van der Waals surface area (Å²) in [5.74, 6) is 0. The molecule has 1 aliphatic rings. The van der Waals surface area contributed by atoms with E-state index in [9.17, 15) is 0 Å². The fourth-order valence-electron chi connectivity index (χ4n) is 1.74. The third-order valence-electron chi connectivity index (χ3n) is 2.53.